The second-order valence-corrected chi connectivity index (χ2v) is 8.97. The number of rotatable bonds is 5. The molecule has 2 aliphatic heterocycles. The summed E-state index contributed by atoms with van der Waals surface area (Å²) in [5.41, 5.74) is 1.30. The number of alkyl halides is 4. The van der Waals surface area contributed by atoms with Crippen LogP contribution in [0.25, 0.3) is 0 Å². The molecule has 2 unspecified atom stereocenters. The Labute approximate surface area is 195 Å². The summed E-state index contributed by atoms with van der Waals surface area (Å²) in [5, 5.41) is 9.03. The lowest BCUT2D eigenvalue weighted by molar-refractivity contribution is -0.137. The number of carbonyl (C=O) groups excluding carboxylic acids is 1. The fourth-order valence-electron chi connectivity index (χ4n) is 4.31. The second kappa shape index (κ2) is 9.73. The highest BCUT2D eigenvalue weighted by molar-refractivity contribution is 5.75. The molecule has 2 aliphatic rings. The number of fused-ring (bicyclic) bond motifs is 1. The minimum Gasteiger partial charge on any atom is -0.352 e. The van der Waals surface area contributed by atoms with Crippen molar-refractivity contribution in [2.24, 2.45) is 0 Å². The van der Waals surface area contributed by atoms with Crippen LogP contribution in [0.4, 0.5) is 28.3 Å². The minimum atomic E-state index is -4.47. The highest BCUT2D eigenvalue weighted by Crippen LogP contribution is 2.32. The van der Waals surface area contributed by atoms with Gasteiger partial charge in [-0.05, 0) is 56.5 Å². The van der Waals surface area contributed by atoms with E-state index >= 15 is 0 Å². The summed E-state index contributed by atoms with van der Waals surface area (Å²) in [5.74, 6) is 0.481. The standard InChI is InChI=1S/C23H28F4N6O/c1-13(2)30-21-29-11-15-8-10-33(12-18(15)31-21)22(34)32-19(20-17(24)7-9-28-20)14-3-5-16(6-4-14)23(25,26)27/h3-6,11,13,17,19-20,28H,7-10,12H2,1-2H3,(H,32,34)(H,29,30,31)/t17-,19?,20?/m1/s1. The first-order chi connectivity index (χ1) is 16.1. The number of nitrogens with one attached hydrogen (secondary N) is 3. The molecule has 2 aromatic rings. The zero-order chi connectivity index (χ0) is 24.5. The summed E-state index contributed by atoms with van der Waals surface area (Å²) in [6, 6.07) is 2.67. The lowest BCUT2D eigenvalue weighted by Crippen LogP contribution is -2.50. The number of amides is 2. The Morgan fingerprint density at radius 2 is 1.97 bits per heavy atom. The monoisotopic (exact) mass is 480 g/mol. The van der Waals surface area contributed by atoms with Gasteiger partial charge in [-0.3, -0.25) is 0 Å². The van der Waals surface area contributed by atoms with Crippen LogP contribution in [-0.4, -0.2) is 52.2 Å². The van der Waals surface area contributed by atoms with Crippen molar-refractivity contribution in [3.63, 3.8) is 0 Å². The Morgan fingerprint density at radius 1 is 1.24 bits per heavy atom. The van der Waals surface area contributed by atoms with Crippen molar-refractivity contribution in [1.82, 2.24) is 25.5 Å². The zero-order valence-corrected chi connectivity index (χ0v) is 19.0. The second-order valence-electron chi connectivity index (χ2n) is 8.97. The molecule has 3 heterocycles. The predicted molar refractivity (Wildman–Crippen MR) is 119 cm³/mol. The van der Waals surface area contributed by atoms with E-state index in [9.17, 15) is 22.4 Å². The maximum atomic E-state index is 14.6. The fourth-order valence-corrected chi connectivity index (χ4v) is 4.31. The van der Waals surface area contributed by atoms with Crippen LogP contribution in [0.2, 0.25) is 0 Å². The number of hydrogen-bond donors (Lipinski definition) is 3. The molecule has 7 nitrogen and oxygen atoms in total. The topological polar surface area (TPSA) is 82.2 Å². The third-order valence-corrected chi connectivity index (χ3v) is 6.08. The van der Waals surface area contributed by atoms with E-state index in [0.717, 1.165) is 23.4 Å². The van der Waals surface area contributed by atoms with Crippen molar-refractivity contribution in [1.29, 1.82) is 0 Å². The van der Waals surface area contributed by atoms with E-state index in [2.05, 4.69) is 25.9 Å². The van der Waals surface area contributed by atoms with Crippen molar-refractivity contribution in [2.75, 3.05) is 18.4 Å². The summed E-state index contributed by atoms with van der Waals surface area (Å²) in [6.07, 6.45) is -3.10. The molecule has 1 fully saturated rings. The maximum absolute atomic E-state index is 14.6. The van der Waals surface area contributed by atoms with Crippen molar-refractivity contribution in [3.8, 4) is 0 Å². The van der Waals surface area contributed by atoms with Crippen LogP contribution in [0.3, 0.4) is 0 Å². The van der Waals surface area contributed by atoms with Crippen molar-refractivity contribution in [3.05, 3.63) is 52.8 Å². The van der Waals surface area contributed by atoms with Crippen molar-refractivity contribution < 1.29 is 22.4 Å². The van der Waals surface area contributed by atoms with Crippen LogP contribution in [0.5, 0.6) is 0 Å². The van der Waals surface area contributed by atoms with E-state index in [1.807, 2.05) is 13.8 Å². The summed E-state index contributed by atoms with van der Waals surface area (Å²) in [6.45, 7) is 5.06. The molecule has 4 rings (SSSR count). The molecule has 0 spiro atoms. The Balaban J connectivity index is 1.52. The van der Waals surface area contributed by atoms with Gasteiger partial charge in [-0.1, -0.05) is 12.1 Å². The molecule has 3 atom stereocenters. The molecule has 1 aromatic carbocycles. The molecule has 0 bridgehead atoms. The van der Waals surface area contributed by atoms with Gasteiger partial charge in [0.1, 0.15) is 6.17 Å². The van der Waals surface area contributed by atoms with E-state index in [1.54, 1.807) is 11.1 Å². The molecule has 1 aromatic heterocycles. The van der Waals surface area contributed by atoms with E-state index < -0.39 is 36.0 Å². The smallest absolute Gasteiger partial charge is 0.352 e. The van der Waals surface area contributed by atoms with Gasteiger partial charge in [0.15, 0.2) is 0 Å². The SMILES string of the molecule is CC(C)Nc1ncc2c(n1)CN(C(=O)NC(c1ccc(C(F)(F)F)cc1)C1NCC[C@H]1F)CC2. The molecule has 0 radical (unpaired) electrons. The summed E-state index contributed by atoms with van der Waals surface area (Å²) < 4.78 is 53.6. The van der Waals surface area contributed by atoms with E-state index in [1.165, 1.54) is 12.1 Å². The van der Waals surface area contributed by atoms with Crippen molar-refractivity contribution >= 4 is 12.0 Å². The highest BCUT2D eigenvalue weighted by Gasteiger charge is 2.37. The first-order valence-corrected chi connectivity index (χ1v) is 11.3. The number of hydrogen-bond acceptors (Lipinski definition) is 5. The predicted octanol–water partition coefficient (Wildman–Crippen LogP) is 3.82. The Morgan fingerprint density at radius 3 is 2.59 bits per heavy atom. The molecule has 34 heavy (non-hydrogen) atoms. The van der Waals surface area contributed by atoms with Crippen LogP contribution in [0.15, 0.2) is 30.5 Å². The molecule has 3 N–H and O–H groups in total. The van der Waals surface area contributed by atoms with Gasteiger partial charge < -0.3 is 20.9 Å². The Bertz CT molecular complexity index is 1010. The number of halogens is 4. The van der Waals surface area contributed by atoms with Gasteiger partial charge in [-0.15, -0.1) is 0 Å². The molecular weight excluding hydrogens is 452 g/mol. The van der Waals surface area contributed by atoms with E-state index in [0.29, 0.717) is 31.0 Å². The van der Waals surface area contributed by atoms with Gasteiger partial charge in [0.25, 0.3) is 0 Å². The maximum Gasteiger partial charge on any atom is 0.416 e. The number of nitrogens with zero attached hydrogens (tertiary/aromatic N) is 3. The third-order valence-electron chi connectivity index (χ3n) is 6.08. The van der Waals surface area contributed by atoms with Crippen LogP contribution < -0.4 is 16.0 Å². The quantitative estimate of drug-likeness (QED) is 0.567. The summed E-state index contributed by atoms with van der Waals surface area (Å²) in [4.78, 5) is 23.6. The number of urea groups is 1. The normalized spacial score (nSPS) is 21.3. The first kappa shape index (κ1) is 24.2. The molecule has 2 amide bonds. The minimum absolute atomic E-state index is 0.151. The van der Waals surface area contributed by atoms with Gasteiger partial charge in [0.05, 0.1) is 29.9 Å². The lowest BCUT2D eigenvalue weighted by atomic mass is 9.96. The van der Waals surface area contributed by atoms with Crippen LogP contribution in [0.1, 0.15) is 48.7 Å². The number of carbonyl (C=O) groups is 1. The van der Waals surface area contributed by atoms with Gasteiger partial charge in [0, 0.05) is 18.8 Å². The Kier molecular flexibility index (Phi) is 6.92. The molecule has 11 heteroatoms. The average Bonchev–Trinajstić information content (AvgIpc) is 3.21. The summed E-state index contributed by atoms with van der Waals surface area (Å²) >= 11 is 0. The molecule has 0 saturated carbocycles. The number of aromatic nitrogens is 2. The average molecular weight is 481 g/mol. The van der Waals surface area contributed by atoms with Crippen LogP contribution in [0, 0.1) is 0 Å². The van der Waals surface area contributed by atoms with E-state index in [4.69, 9.17) is 0 Å². The molecular formula is C23H28F4N6O. The largest absolute Gasteiger partial charge is 0.416 e. The first-order valence-electron chi connectivity index (χ1n) is 11.3. The lowest BCUT2D eigenvalue weighted by Gasteiger charge is -2.33. The highest BCUT2D eigenvalue weighted by atomic mass is 19.4. The zero-order valence-electron chi connectivity index (χ0n) is 19.0. The van der Waals surface area contributed by atoms with Crippen LogP contribution >= 0.6 is 0 Å². The molecule has 1 saturated heterocycles. The number of benzene rings is 1. The molecule has 184 valence electrons. The van der Waals surface area contributed by atoms with Gasteiger partial charge in [-0.25, -0.2) is 19.2 Å². The fraction of sp³-hybridized carbons (Fsp3) is 0.522. The van der Waals surface area contributed by atoms with Gasteiger partial charge in [-0.2, -0.15) is 13.2 Å². The van der Waals surface area contributed by atoms with Gasteiger partial charge >= 0.3 is 12.2 Å². The van der Waals surface area contributed by atoms with Gasteiger partial charge in [0.2, 0.25) is 5.95 Å². The summed E-state index contributed by atoms with van der Waals surface area (Å²) in [7, 11) is 0. The van der Waals surface area contributed by atoms with E-state index in [-0.39, 0.29) is 19.0 Å². The van der Waals surface area contributed by atoms with Crippen molar-refractivity contribution in [2.45, 2.75) is 63.7 Å². The molecule has 0 aliphatic carbocycles. The van der Waals surface area contributed by atoms with Crippen LogP contribution in [-0.2, 0) is 19.1 Å². The third kappa shape index (κ3) is 5.40. The number of anilines is 1. The Hall–Kier alpha value is -2.95.